The number of aromatic amines is 1. The fourth-order valence-electron chi connectivity index (χ4n) is 2.55. The lowest BCUT2D eigenvalue weighted by atomic mass is 10.3. The van der Waals surface area contributed by atoms with Crippen molar-refractivity contribution in [3.63, 3.8) is 0 Å². The van der Waals surface area contributed by atoms with Crippen LogP contribution in [0.15, 0.2) is 39.7 Å². The summed E-state index contributed by atoms with van der Waals surface area (Å²) in [5.41, 5.74) is 0.648. The van der Waals surface area contributed by atoms with E-state index in [0.717, 1.165) is 6.42 Å². The van der Waals surface area contributed by atoms with E-state index in [0.29, 0.717) is 42.2 Å². The fourth-order valence-corrected chi connectivity index (χ4v) is 2.85. The highest BCUT2D eigenvalue weighted by molar-refractivity contribution is 9.10. The Morgan fingerprint density at radius 1 is 1.05 bits per heavy atom. The van der Waals surface area contributed by atoms with E-state index < -0.39 is 0 Å². The van der Waals surface area contributed by atoms with Gasteiger partial charge in [0.25, 0.3) is 11.8 Å². The third-order valence-corrected chi connectivity index (χ3v) is 4.13. The molecule has 2 aromatic rings. The van der Waals surface area contributed by atoms with Crippen molar-refractivity contribution >= 4 is 27.7 Å². The van der Waals surface area contributed by atoms with Crippen molar-refractivity contribution in [3.05, 3.63) is 46.6 Å². The van der Waals surface area contributed by atoms with Gasteiger partial charge in [-0.3, -0.25) is 9.59 Å². The van der Waals surface area contributed by atoms with E-state index in [1.807, 2.05) is 0 Å². The van der Waals surface area contributed by atoms with Crippen molar-refractivity contribution in [1.82, 2.24) is 14.8 Å². The lowest BCUT2D eigenvalue weighted by Crippen LogP contribution is -2.37. The number of furan rings is 1. The second kappa shape index (κ2) is 6.39. The zero-order chi connectivity index (χ0) is 15.5. The van der Waals surface area contributed by atoms with Gasteiger partial charge in [-0.25, -0.2) is 0 Å². The van der Waals surface area contributed by atoms with Crippen molar-refractivity contribution < 1.29 is 14.0 Å². The number of halogens is 1. The Morgan fingerprint density at radius 3 is 2.36 bits per heavy atom. The van der Waals surface area contributed by atoms with Gasteiger partial charge in [0, 0.05) is 38.6 Å². The van der Waals surface area contributed by atoms with Crippen LogP contribution >= 0.6 is 15.9 Å². The van der Waals surface area contributed by atoms with Crippen LogP contribution in [0.4, 0.5) is 0 Å². The summed E-state index contributed by atoms with van der Waals surface area (Å²) >= 11 is 3.20. The summed E-state index contributed by atoms with van der Waals surface area (Å²) in [6, 6.07) is 5.11. The maximum atomic E-state index is 12.4. The molecule has 3 rings (SSSR count). The maximum absolute atomic E-state index is 12.4. The second-order valence-electron chi connectivity index (χ2n) is 5.14. The first-order chi connectivity index (χ1) is 10.6. The number of nitrogens with zero attached hydrogens (tertiary/aromatic N) is 2. The molecule has 1 fully saturated rings. The lowest BCUT2D eigenvalue weighted by Gasteiger charge is -2.21. The molecule has 0 saturated carbocycles. The summed E-state index contributed by atoms with van der Waals surface area (Å²) in [6.07, 6.45) is 4.18. The molecule has 3 heterocycles. The molecule has 0 aliphatic carbocycles. The maximum Gasteiger partial charge on any atom is 0.289 e. The van der Waals surface area contributed by atoms with E-state index in [1.165, 1.54) is 0 Å². The predicted octanol–water partition coefficient (Wildman–Crippen LogP) is 2.36. The molecule has 1 N–H and O–H groups in total. The van der Waals surface area contributed by atoms with Crippen LogP contribution in [0.1, 0.15) is 27.3 Å². The summed E-state index contributed by atoms with van der Waals surface area (Å²) in [7, 11) is 0. The van der Waals surface area contributed by atoms with E-state index in [1.54, 1.807) is 40.4 Å². The van der Waals surface area contributed by atoms with Crippen LogP contribution in [0.2, 0.25) is 0 Å². The fraction of sp³-hybridized carbons (Fsp3) is 0.333. The van der Waals surface area contributed by atoms with Gasteiger partial charge in [-0.15, -0.1) is 0 Å². The monoisotopic (exact) mass is 365 g/mol. The Bertz CT molecular complexity index is 665. The molecule has 0 aromatic carbocycles. The first kappa shape index (κ1) is 14.9. The molecule has 2 amide bonds. The van der Waals surface area contributed by atoms with E-state index in [-0.39, 0.29) is 11.8 Å². The number of aromatic nitrogens is 1. The molecule has 0 unspecified atom stereocenters. The Balaban J connectivity index is 1.65. The number of carbonyl (C=O) groups excluding carboxylic acids is 2. The molecule has 0 atom stereocenters. The van der Waals surface area contributed by atoms with E-state index in [9.17, 15) is 9.59 Å². The van der Waals surface area contributed by atoms with Crippen LogP contribution in [0, 0.1) is 0 Å². The molecule has 0 radical (unpaired) electrons. The zero-order valence-corrected chi connectivity index (χ0v) is 13.5. The molecule has 1 aliphatic heterocycles. The standard InChI is InChI=1S/C15H16BrN3O3/c16-13-3-2-12(22-13)15(21)19-7-1-6-18(8-9-19)14(20)11-4-5-17-10-11/h2-5,10,17H,1,6-9H2. The normalized spacial score (nSPS) is 15.7. The van der Waals surface area contributed by atoms with Crippen LogP contribution in [-0.4, -0.2) is 52.8 Å². The average molecular weight is 366 g/mol. The molecule has 0 bridgehead atoms. The summed E-state index contributed by atoms with van der Waals surface area (Å²) in [4.78, 5) is 31.1. The van der Waals surface area contributed by atoms with E-state index in [2.05, 4.69) is 20.9 Å². The van der Waals surface area contributed by atoms with Crippen LogP contribution in [0.5, 0.6) is 0 Å². The highest BCUT2D eigenvalue weighted by Gasteiger charge is 2.25. The van der Waals surface area contributed by atoms with Gasteiger partial charge in [0.1, 0.15) is 0 Å². The third-order valence-electron chi connectivity index (χ3n) is 3.70. The molecule has 0 spiro atoms. The Hall–Kier alpha value is -2.02. The SMILES string of the molecule is O=C(c1cc[nH]c1)N1CCCN(C(=O)c2ccc(Br)o2)CC1. The molecule has 1 aliphatic rings. The third kappa shape index (κ3) is 3.09. The minimum Gasteiger partial charge on any atom is -0.444 e. The quantitative estimate of drug-likeness (QED) is 0.887. The summed E-state index contributed by atoms with van der Waals surface area (Å²) < 4.78 is 5.85. The Morgan fingerprint density at radius 2 is 1.77 bits per heavy atom. The van der Waals surface area contributed by atoms with Crippen LogP contribution in [0.25, 0.3) is 0 Å². The number of H-pyrrole nitrogens is 1. The first-order valence-electron chi connectivity index (χ1n) is 7.12. The van der Waals surface area contributed by atoms with Crippen LogP contribution in [0.3, 0.4) is 0 Å². The molecule has 2 aromatic heterocycles. The smallest absolute Gasteiger partial charge is 0.289 e. The minimum absolute atomic E-state index is 0.00343. The summed E-state index contributed by atoms with van der Waals surface area (Å²) in [5, 5.41) is 0. The van der Waals surface area contributed by atoms with Crippen molar-refractivity contribution in [2.24, 2.45) is 0 Å². The highest BCUT2D eigenvalue weighted by Crippen LogP contribution is 2.17. The van der Waals surface area contributed by atoms with Crippen molar-refractivity contribution in [3.8, 4) is 0 Å². The van der Waals surface area contributed by atoms with Gasteiger partial charge in [-0.1, -0.05) is 0 Å². The number of hydrogen-bond acceptors (Lipinski definition) is 3. The van der Waals surface area contributed by atoms with Crippen molar-refractivity contribution in [2.45, 2.75) is 6.42 Å². The highest BCUT2D eigenvalue weighted by atomic mass is 79.9. The second-order valence-corrected chi connectivity index (χ2v) is 5.92. The molecular weight excluding hydrogens is 350 g/mol. The van der Waals surface area contributed by atoms with Crippen LogP contribution < -0.4 is 0 Å². The van der Waals surface area contributed by atoms with Gasteiger partial charge < -0.3 is 19.2 Å². The van der Waals surface area contributed by atoms with Gasteiger partial charge in [0.05, 0.1) is 5.56 Å². The van der Waals surface area contributed by atoms with Crippen molar-refractivity contribution in [1.29, 1.82) is 0 Å². The average Bonchev–Trinajstić information content (AvgIpc) is 3.13. The number of carbonyl (C=O) groups is 2. The molecule has 6 nitrogen and oxygen atoms in total. The van der Waals surface area contributed by atoms with Gasteiger partial charge in [0.2, 0.25) is 0 Å². The van der Waals surface area contributed by atoms with E-state index in [4.69, 9.17) is 4.42 Å². The molecule has 1 saturated heterocycles. The number of amides is 2. The van der Waals surface area contributed by atoms with E-state index >= 15 is 0 Å². The largest absolute Gasteiger partial charge is 0.444 e. The van der Waals surface area contributed by atoms with Crippen molar-refractivity contribution in [2.75, 3.05) is 26.2 Å². The first-order valence-corrected chi connectivity index (χ1v) is 7.91. The van der Waals surface area contributed by atoms with Gasteiger partial charge in [0.15, 0.2) is 10.4 Å². The molecular formula is C15H16BrN3O3. The summed E-state index contributed by atoms with van der Waals surface area (Å²) in [5.74, 6) is 0.176. The zero-order valence-electron chi connectivity index (χ0n) is 11.9. The topological polar surface area (TPSA) is 69.6 Å². The van der Waals surface area contributed by atoms with Gasteiger partial charge >= 0.3 is 0 Å². The predicted molar refractivity (Wildman–Crippen MR) is 83.6 cm³/mol. The minimum atomic E-state index is -0.137. The number of hydrogen-bond donors (Lipinski definition) is 1. The Kier molecular flexibility index (Phi) is 4.33. The number of nitrogens with one attached hydrogen (secondary N) is 1. The van der Waals surface area contributed by atoms with Crippen LogP contribution in [-0.2, 0) is 0 Å². The molecule has 116 valence electrons. The summed E-state index contributed by atoms with van der Waals surface area (Å²) in [6.45, 7) is 2.30. The number of rotatable bonds is 2. The van der Waals surface area contributed by atoms with Gasteiger partial charge in [-0.2, -0.15) is 0 Å². The molecule has 7 heteroatoms. The molecule has 22 heavy (non-hydrogen) atoms. The van der Waals surface area contributed by atoms with Gasteiger partial charge in [-0.05, 0) is 40.5 Å². The lowest BCUT2D eigenvalue weighted by molar-refractivity contribution is 0.0699. The Labute approximate surface area is 136 Å².